The molecule has 1 aliphatic carbocycles. The molecule has 3 radical (unpaired) electrons. The molecule has 1 aromatic rings. The highest BCUT2D eigenvalue weighted by Crippen LogP contribution is 2.36. The molecule has 2 heteroatoms. The maximum absolute atomic E-state index is 6.07. The van der Waals surface area contributed by atoms with Gasteiger partial charge in [-0.3, -0.25) is 0 Å². The van der Waals surface area contributed by atoms with Crippen molar-refractivity contribution in [3.05, 3.63) is 42.5 Å². The summed E-state index contributed by atoms with van der Waals surface area (Å²) in [5, 5.41) is 0. The molecule has 1 saturated carbocycles. The van der Waals surface area contributed by atoms with E-state index in [2.05, 4.69) is 32.3 Å². The minimum Gasteiger partial charge on any atom is -0.496 e. The van der Waals surface area contributed by atoms with Crippen LogP contribution in [0.1, 0.15) is 29.9 Å². The first-order valence-corrected chi connectivity index (χ1v) is 5.66. The third kappa shape index (κ3) is 2.16. The van der Waals surface area contributed by atoms with Gasteiger partial charge in [0.15, 0.2) is 0 Å². The summed E-state index contributed by atoms with van der Waals surface area (Å²) in [7, 11) is 1.68. The molecule has 0 aliphatic heterocycles. The lowest BCUT2D eigenvalue weighted by molar-refractivity contribution is 0.411. The van der Waals surface area contributed by atoms with Crippen LogP contribution >= 0.6 is 0 Å². The number of hydrogen-bond acceptors (Lipinski definition) is 2. The van der Waals surface area contributed by atoms with Crippen molar-refractivity contribution in [2.24, 2.45) is 0 Å². The van der Waals surface area contributed by atoms with Crippen LogP contribution in [0.5, 0.6) is 5.75 Å². The molecule has 1 fully saturated rings. The van der Waals surface area contributed by atoms with Crippen molar-refractivity contribution in [2.75, 3.05) is 12.8 Å². The molecule has 1 aromatic carbocycles. The Balaban J connectivity index is 2.29. The van der Waals surface area contributed by atoms with Crippen molar-refractivity contribution in [1.29, 1.82) is 0 Å². The predicted octanol–water partition coefficient (Wildman–Crippen LogP) is 3.08. The monoisotopic (exact) mass is 216 g/mol. The maximum atomic E-state index is 6.07. The number of benzene rings is 1. The standard InChI is InChI=1S/C14H18NO/c1-10-8-12(11-6-4-3-5-7-11)13(15)9-14(10)16-2/h3-4,6,8-9,11H,5,7,15H2,1-2H3. The zero-order valence-corrected chi connectivity index (χ0v) is 9.86. The van der Waals surface area contributed by atoms with Gasteiger partial charge in [-0.1, -0.05) is 6.07 Å². The summed E-state index contributed by atoms with van der Waals surface area (Å²) in [5.41, 5.74) is 9.28. The van der Waals surface area contributed by atoms with E-state index in [1.165, 1.54) is 5.56 Å². The number of methoxy groups -OCH3 is 1. The van der Waals surface area contributed by atoms with E-state index in [0.29, 0.717) is 5.92 Å². The highest BCUT2D eigenvalue weighted by molar-refractivity contribution is 5.57. The van der Waals surface area contributed by atoms with Crippen molar-refractivity contribution in [2.45, 2.75) is 25.7 Å². The van der Waals surface area contributed by atoms with Gasteiger partial charge >= 0.3 is 0 Å². The van der Waals surface area contributed by atoms with Gasteiger partial charge < -0.3 is 10.5 Å². The zero-order chi connectivity index (χ0) is 11.5. The molecule has 1 unspecified atom stereocenters. The predicted molar refractivity (Wildman–Crippen MR) is 67.0 cm³/mol. The Bertz CT molecular complexity index is 367. The van der Waals surface area contributed by atoms with Gasteiger partial charge in [0, 0.05) is 11.8 Å². The lowest BCUT2D eigenvalue weighted by Gasteiger charge is -2.23. The van der Waals surface area contributed by atoms with Gasteiger partial charge in [0.1, 0.15) is 5.75 Å². The van der Waals surface area contributed by atoms with E-state index in [1.807, 2.05) is 6.07 Å². The van der Waals surface area contributed by atoms with Crippen LogP contribution < -0.4 is 10.5 Å². The third-order valence-electron chi connectivity index (χ3n) is 3.12. The van der Waals surface area contributed by atoms with Crippen molar-refractivity contribution in [3.63, 3.8) is 0 Å². The van der Waals surface area contributed by atoms with Gasteiger partial charge in [0.05, 0.1) is 7.11 Å². The lowest BCUT2D eigenvalue weighted by atomic mass is 9.83. The normalized spacial score (nSPS) is 17.4. The third-order valence-corrected chi connectivity index (χ3v) is 3.12. The fraction of sp³-hybridized carbons (Fsp3) is 0.357. The van der Waals surface area contributed by atoms with Crippen LogP contribution in [0.2, 0.25) is 0 Å². The molecule has 0 bridgehead atoms. The van der Waals surface area contributed by atoms with Crippen LogP contribution in [-0.4, -0.2) is 7.11 Å². The Morgan fingerprint density at radius 1 is 1.38 bits per heavy atom. The average Bonchev–Trinajstić information content (AvgIpc) is 2.32. The molecular weight excluding hydrogens is 198 g/mol. The van der Waals surface area contributed by atoms with Crippen molar-refractivity contribution in [3.8, 4) is 5.75 Å². The van der Waals surface area contributed by atoms with E-state index < -0.39 is 0 Å². The number of anilines is 1. The Morgan fingerprint density at radius 3 is 2.81 bits per heavy atom. The molecule has 2 N–H and O–H groups in total. The largest absolute Gasteiger partial charge is 0.496 e. The topological polar surface area (TPSA) is 35.2 Å². The first-order valence-electron chi connectivity index (χ1n) is 5.66. The molecule has 2 nitrogen and oxygen atoms in total. The Labute approximate surface area is 97.8 Å². The van der Waals surface area contributed by atoms with E-state index >= 15 is 0 Å². The Morgan fingerprint density at radius 2 is 2.19 bits per heavy atom. The summed E-state index contributed by atoms with van der Waals surface area (Å²) in [6.07, 6.45) is 8.83. The second kappa shape index (κ2) is 4.77. The fourth-order valence-electron chi connectivity index (χ4n) is 2.21. The summed E-state index contributed by atoms with van der Waals surface area (Å²) >= 11 is 0. The second-order valence-corrected chi connectivity index (χ2v) is 4.26. The van der Waals surface area contributed by atoms with E-state index in [0.717, 1.165) is 29.8 Å². The molecule has 2 rings (SSSR count). The molecule has 1 aliphatic rings. The average molecular weight is 216 g/mol. The van der Waals surface area contributed by atoms with Crippen molar-refractivity contribution >= 4 is 5.69 Å². The maximum Gasteiger partial charge on any atom is 0.123 e. The van der Waals surface area contributed by atoms with Crippen LogP contribution in [0.15, 0.2) is 12.1 Å². The summed E-state index contributed by atoms with van der Waals surface area (Å²) in [6, 6.07) is 4.07. The SMILES string of the molecule is COc1cc(N)c(C2[CH][CH][CH]CC2)cc1C. The van der Waals surface area contributed by atoms with Crippen LogP contribution in [0.25, 0.3) is 0 Å². The minimum absolute atomic E-state index is 0.453. The van der Waals surface area contributed by atoms with Crippen LogP contribution in [0.4, 0.5) is 5.69 Å². The summed E-state index contributed by atoms with van der Waals surface area (Å²) < 4.78 is 5.26. The number of nitrogen functional groups attached to an aromatic ring is 1. The van der Waals surface area contributed by atoms with E-state index in [-0.39, 0.29) is 0 Å². The smallest absolute Gasteiger partial charge is 0.123 e. The molecule has 0 aromatic heterocycles. The number of hydrogen-bond donors (Lipinski definition) is 1. The molecule has 16 heavy (non-hydrogen) atoms. The van der Waals surface area contributed by atoms with Crippen LogP contribution in [0.3, 0.4) is 0 Å². The zero-order valence-electron chi connectivity index (χ0n) is 9.86. The number of ether oxygens (including phenoxy) is 1. The molecule has 1 atom stereocenters. The molecule has 0 heterocycles. The van der Waals surface area contributed by atoms with Gasteiger partial charge in [-0.25, -0.2) is 0 Å². The highest BCUT2D eigenvalue weighted by Gasteiger charge is 2.19. The Hall–Kier alpha value is -1.18. The van der Waals surface area contributed by atoms with Gasteiger partial charge in [-0.05, 0) is 56.1 Å². The molecule has 85 valence electrons. The summed E-state index contributed by atoms with van der Waals surface area (Å²) in [6.45, 7) is 2.06. The number of aryl methyl sites for hydroxylation is 1. The van der Waals surface area contributed by atoms with Crippen molar-refractivity contribution < 1.29 is 4.74 Å². The lowest BCUT2D eigenvalue weighted by Crippen LogP contribution is -2.09. The fourth-order valence-corrected chi connectivity index (χ4v) is 2.21. The molecule has 0 saturated heterocycles. The second-order valence-electron chi connectivity index (χ2n) is 4.26. The van der Waals surface area contributed by atoms with Gasteiger partial charge in [-0.2, -0.15) is 0 Å². The number of nitrogens with two attached hydrogens (primary N) is 1. The molecule has 0 spiro atoms. The molecule has 0 amide bonds. The minimum atomic E-state index is 0.453. The highest BCUT2D eigenvalue weighted by atomic mass is 16.5. The van der Waals surface area contributed by atoms with Gasteiger partial charge in [0.2, 0.25) is 0 Å². The van der Waals surface area contributed by atoms with E-state index in [4.69, 9.17) is 10.5 Å². The molecular formula is C14H18NO. The summed E-state index contributed by atoms with van der Waals surface area (Å²) in [5.74, 6) is 1.32. The van der Waals surface area contributed by atoms with Gasteiger partial charge in [0.25, 0.3) is 0 Å². The van der Waals surface area contributed by atoms with E-state index in [9.17, 15) is 0 Å². The van der Waals surface area contributed by atoms with Gasteiger partial charge in [-0.15, -0.1) is 0 Å². The summed E-state index contributed by atoms with van der Waals surface area (Å²) in [4.78, 5) is 0. The number of rotatable bonds is 2. The van der Waals surface area contributed by atoms with Crippen molar-refractivity contribution in [1.82, 2.24) is 0 Å². The first kappa shape index (κ1) is 11.3. The first-order chi connectivity index (χ1) is 7.72. The Kier molecular flexibility index (Phi) is 3.37. The van der Waals surface area contributed by atoms with Crippen LogP contribution in [0, 0.1) is 26.2 Å². The van der Waals surface area contributed by atoms with Crippen LogP contribution in [-0.2, 0) is 0 Å². The quantitative estimate of drug-likeness (QED) is 0.771. The van der Waals surface area contributed by atoms with E-state index in [1.54, 1.807) is 7.11 Å².